The van der Waals surface area contributed by atoms with E-state index in [1.54, 1.807) is 19.1 Å². The monoisotopic (exact) mass is 193 g/mol. The fourth-order valence-corrected chi connectivity index (χ4v) is 1.94. The van der Waals surface area contributed by atoms with Crippen molar-refractivity contribution in [2.24, 2.45) is 0 Å². The first-order valence-corrected chi connectivity index (χ1v) is 4.95. The molecule has 3 N–H and O–H groups in total. The average Bonchev–Trinajstić information content (AvgIpc) is 2.67. The van der Waals surface area contributed by atoms with Crippen LogP contribution in [0.15, 0.2) is 12.1 Å². The molecule has 0 saturated carbocycles. The number of benzene rings is 1. The van der Waals surface area contributed by atoms with E-state index >= 15 is 0 Å². The van der Waals surface area contributed by atoms with E-state index in [-0.39, 0.29) is 17.5 Å². The number of aromatic hydroxyl groups is 2. The fraction of sp³-hybridized carbons (Fsp3) is 0.455. The molecular formula is C11H15NO2. The third kappa shape index (κ3) is 1.44. The molecule has 0 radical (unpaired) electrons. The van der Waals surface area contributed by atoms with Crippen LogP contribution < -0.4 is 5.32 Å². The Bertz CT molecular complexity index is 343. The predicted molar refractivity (Wildman–Crippen MR) is 54.5 cm³/mol. The number of hydrogen-bond donors (Lipinski definition) is 3. The van der Waals surface area contributed by atoms with Crippen LogP contribution in [0, 0.1) is 6.92 Å². The molecular weight excluding hydrogens is 178 g/mol. The van der Waals surface area contributed by atoms with Gasteiger partial charge in [0.1, 0.15) is 11.5 Å². The summed E-state index contributed by atoms with van der Waals surface area (Å²) in [5.41, 5.74) is 1.47. The number of phenolic OH excluding ortho intramolecular Hbond substituents is 2. The standard InChI is InChI=1S/C11H15NO2/c1-7-10(13)5-4-8(11(7)14)9-3-2-6-12-9/h4-5,9,12-14H,2-3,6H2,1H3. The molecule has 3 heteroatoms. The van der Waals surface area contributed by atoms with Crippen LogP contribution in [0.5, 0.6) is 11.5 Å². The summed E-state index contributed by atoms with van der Waals surface area (Å²) in [4.78, 5) is 0. The zero-order valence-electron chi connectivity index (χ0n) is 8.25. The van der Waals surface area contributed by atoms with Crippen molar-refractivity contribution in [2.75, 3.05) is 6.54 Å². The molecule has 1 saturated heterocycles. The van der Waals surface area contributed by atoms with Crippen LogP contribution in [0.3, 0.4) is 0 Å². The van der Waals surface area contributed by atoms with Gasteiger partial charge < -0.3 is 15.5 Å². The first-order valence-electron chi connectivity index (χ1n) is 4.95. The Morgan fingerprint density at radius 2 is 2.14 bits per heavy atom. The van der Waals surface area contributed by atoms with Gasteiger partial charge in [-0.3, -0.25) is 0 Å². The molecule has 0 aromatic heterocycles. The molecule has 1 aromatic rings. The van der Waals surface area contributed by atoms with Gasteiger partial charge in [0.15, 0.2) is 0 Å². The van der Waals surface area contributed by atoms with Crippen molar-refractivity contribution in [3.8, 4) is 11.5 Å². The highest BCUT2D eigenvalue weighted by atomic mass is 16.3. The van der Waals surface area contributed by atoms with E-state index in [0.717, 1.165) is 24.9 Å². The number of phenols is 2. The van der Waals surface area contributed by atoms with Crippen LogP contribution >= 0.6 is 0 Å². The molecule has 1 heterocycles. The Morgan fingerprint density at radius 1 is 1.36 bits per heavy atom. The SMILES string of the molecule is Cc1c(O)ccc(C2CCCN2)c1O. The molecule has 0 spiro atoms. The van der Waals surface area contributed by atoms with Crippen LogP contribution in [0.25, 0.3) is 0 Å². The third-order valence-corrected chi connectivity index (χ3v) is 2.87. The van der Waals surface area contributed by atoms with Crippen molar-refractivity contribution in [1.29, 1.82) is 0 Å². The minimum Gasteiger partial charge on any atom is -0.508 e. The minimum absolute atomic E-state index is 0.157. The molecule has 14 heavy (non-hydrogen) atoms. The summed E-state index contributed by atoms with van der Waals surface area (Å²) >= 11 is 0. The van der Waals surface area contributed by atoms with Gasteiger partial charge in [-0.1, -0.05) is 6.07 Å². The Balaban J connectivity index is 2.38. The average molecular weight is 193 g/mol. The van der Waals surface area contributed by atoms with Gasteiger partial charge >= 0.3 is 0 Å². The molecule has 0 amide bonds. The van der Waals surface area contributed by atoms with E-state index in [1.807, 2.05) is 0 Å². The highest BCUT2D eigenvalue weighted by molar-refractivity contribution is 5.49. The Labute approximate surface area is 83.4 Å². The maximum Gasteiger partial charge on any atom is 0.126 e. The van der Waals surface area contributed by atoms with Gasteiger partial charge in [0, 0.05) is 17.2 Å². The van der Waals surface area contributed by atoms with Gasteiger partial charge in [0.2, 0.25) is 0 Å². The first-order chi connectivity index (χ1) is 6.70. The van der Waals surface area contributed by atoms with Gasteiger partial charge in [-0.15, -0.1) is 0 Å². The molecule has 0 aliphatic carbocycles. The molecule has 3 nitrogen and oxygen atoms in total. The summed E-state index contributed by atoms with van der Waals surface area (Å²) < 4.78 is 0. The Hall–Kier alpha value is -1.22. The summed E-state index contributed by atoms with van der Waals surface area (Å²) in [6.07, 6.45) is 2.20. The molecule has 2 rings (SSSR count). The second-order valence-electron chi connectivity index (χ2n) is 3.80. The lowest BCUT2D eigenvalue weighted by Crippen LogP contribution is -2.13. The molecule has 1 aromatic carbocycles. The van der Waals surface area contributed by atoms with Gasteiger partial charge in [-0.2, -0.15) is 0 Å². The van der Waals surface area contributed by atoms with E-state index < -0.39 is 0 Å². The molecule has 1 unspecified atom stereocenters. The lowest BCUT2D eigenvalue weighted by molar-refractivity contribution is 0.432. The van der Waals surface area contributed by atoms with Crippen LogP contribution in [-0.2, 0) is 0 Å². The minimum atomic E-state index is 0.157. The number of hydrogen-bond acceptors (Lipinski definition) is 3. The maximum absolute atomic E-state index is 9.84. The van der Waals surface area contributed by atoms with Crippen LogP contribution in [0.2, 0.25) is 0 Å². The van der Waals surface area contributed by atoms with Crippen molar-refractivity contribution >= 4 is 0 Å². The van der Waals surface area contributed by atoms with Crippen LogP contribution in [-0.4, -0.2) is 16.8 Å². The van der Waals surface area contributed by atoms with Crippen molar-refractivity contribution < 1.29 is 10.2 Å². The fourth-order valence-electron chi connectivity index (χ4n) is 1.94. The molecule has 0 bridgehead atoms. The largest absolute Gasteiger partial charge is 0.508 e. The van der Waals surface area contributed by atoms with Crippen molar-refractivity contribution in [1.82, 2.24) is 5.32 Å². The summed E-state index contributed by atoms with van der Waals surface area (Å²) in [7, 11) is 0. The molecule has 1 fully saturated rings. The second-order valence-corrected chi connectivity index (χ2v) is 3.80. The van der Waals surface area contributed by atoms with Gasteiger partial charge in [0.25, 0.3) is 0 Å². The summed E-state index contributed by atoms with van der Waals surface area (Å²) in [5, 5.41) is 22.5. The van der Waals surface area contributed by atoms with E-state index in [1.165, 1.54) is 0 Å². The van der Waals surface area contributed by atoms with Crippen molar-refractivity contribution in [2.45, 2.75) is 25.8 Å². The van der Waals surface area contributed by atoms with Crippen molar-refractivity contribution in [3.05, 3.63) is 23.3 Å². The Morgan fingerprint density at radius 3 is 2.79 bits per heavy atom. The zero-order chi connectivity index (χ0) is 10.1. The molecule has 1 aliphatic heterocycles. The predicted octanol–water partition coefficient (Wildman–Crippen LogP) is 1.83. The third-order valence-electron chi connectivity index (χ3n) is 2.87. The lowest BCUT2D eigenvalue weighted by atomic mass is 10.0. The van der Waals surface area contributed by atoms with Gasteiger partial charge in [-0.25, -0.2) is 0 Å². The van der Waals surface area contributed by atoms with E-state index in [0.29, 0.717) is 5.56 Å². The second kappa shape index (κ2) is 3.50. The summed E-state index contributed by atoms with van der Waals surface area (Å²) in [6.45, 7) is 2.73. The molecule has 1 atom stereocenters. The quantitative estimate of drug-likeness (QED) is 0.637. The maximum atomic E-state index is 9.84. The first kappa shape index (κ1) is 9.34. The van der Waals surface area contributed by atoms with Crippen LogP contribution in [0.4, 0.5) is 0 Å². The van der Waals surface area contributed by atoms with Gasteiger partial charge in [0.05, 0.1) is 0 Å². The smallest absolute Gasteiger partial charge is 0.126 e. The molecule has 76 valence electrons. The normalized spacial score (nSPS) is 21.4. The van der Waals surface area contributed by atoms with E-state index in [2.05, 4.69) is 5.32 Å². The highest BCUT2D eigenvalue weighted by Crippen LogP contribution is 2.36. The van der Waals surface area contributed by atoms with Gasteiger partial charge in [-0.05, 0) is 32.4 Å². The van der Waals surface area contributed by atoms with E-state index in [4.69, 9.17) is 0 Å². The lowest BCUT2D eigenvalue weighted by Gasteiger charge is -2.14. The summed E-state index contributed by atoms with van der Waals surface area (Å²) in [5.74, 6) is 0.383. The highest BCUT2D eigenvalue weighted by Gasteiger charge is 2.20. The topological polar surface area (TPSA) is 52.5 Å². The van der Waals surface area contributed by atoms with E-state index in [9.17, 15) is 10.2 Å². The van der Waals surface area contributed by atoms with Crippen molar-refractivity contribution in [3.63, 3.8) is 0 Å². The molecule has 1 aliphatic rings. The summed E-state index contributed by atoms with van der Waals surface area (Å²) in [6, 6.07) is 3.68. The number of rotatable bonds is 1. The Kier molecular flexibility index (Phi) is 2.33. The zero-order valence-corrected chi connectivity index (χ0v) is 8.25. The number of nitrogens with one attached hydrogen (secondary N) is 1. The van der Waals surface area contributed by atoms with Crippen LogP contribution in [0.1, 0.15) is 30.0 Å².